The molecule has 3 nitrogen and oxygen atoms in total. The quantitative estimate of drug-likeness (QED) is 0.726. The topological polar surface area (TPSA) is 55.1 Å². The van der Waals surface area contributed by atoms with Crippen LogP contribution in [0.1, 0.15) is 22.3 Å². The van der Waals surface area contributed by atoms with Crippen LogP contribution >= 0.6 is 11.8 Å². The van der Waals surface area contributed by atoms with E-state index in [1.807, 2.05) is 24.3 Å². The zero-order valence-electron chi connectivity index (χ0n) is 10.2. The summed E-state index contributed by atoms with van der Waals surface area (Å²) < 4.78 is 0. The zero-order chi connectivity index (χ0) is 12.5. The van der Waals surface area contributed by atoms with Crippen LogP contribution in [0.25, 0.3) is 0 Å². The number of rotatable bonds is 7. The first-order valence-electron chi connectivity index (χ1n) is 5.84. The monoisotopic (exact) mass is 252 g/mol. The molecule has 0 saturated carbocycles. The zero-order valence-corrected chi connectivity index (χ0v) is 11.1. The molecule has 0 aliphatic carbocycles. The molecule has 3 N–H and O–H groups in total. The molecule has 0 aliphatic rings. The van der Waals surface area contributed by atoms with E-state index >= 15 is 0 Å². The molecule has 0 heterocycles. The highest BCUT2D eigenvalue weighted by Gasteiger charge is 2.09. The Labute approximate surface area is 107 Å². The van der Waals surface area contributed by atoms with Crippen LogP contribution in [0.15, 0.2) is 24.3 Å². The van der Waals surface area contributed by atoms with Crippen molar-refractivity contribution in [1.29, 1.82) is 0 Å². The van der Waals surface area contributed by atoms with Gasteiger partial charge in [0, 0.05) is 12.1 Å². The van der Waals surface area contributed by atoms with Gasteiger partial charge < -0.3 is 11.1 Å². The van der Waals surface area contributed by atoms with Gasteiger partial charge >= 0.3 is 0 Å². The van der Waals surface area contributed by atoms with Gasteiger partial charge in [-0.25, -0.2) is 0 Å². The molecule has 0 fully saturated rings. The lowest BCUT2D eigenvalue weighted by Gasteiger charge is -2.09. The van der Waals surface area contributed by atoms with Gasteiger partial charge in [0.05, 0.1) is 0 Å². The Bertz CT molecular complexity index is 355. The maximum Gasteiger partial charge on any atom is 0.251 e. The molecule has 0 spiro atoms. The predicted octanol–water partition coefficient (Wildman–Crippen LogP) is 1.67. The first-order valence-corrected chi connectivity index (χ1v) is 7.24. The minimum Gasteiger partial charge on any atom is -0.352 e. The average Bonchev–Trinajstić information content (AvgIpc) is 2.35. The van der Waals surface area contributed by atoms with Crippen LogP contribution in [0.5, 0.6) is 0 Å². The summed E-state index contributed by atoms with van der Waals surface area (Å²) >= 11 is 1.79. The van der Waals surface area contributed by atoms with Crippen molar-refractivity contribution in [2.75, 3.05) is 25.1 Å². The van der Waals surface area contributed by atoms with Crippen molar-refractivity contribution in [1.82, 2.24) is 5.32 Å². The van der Waals surface area contributed by atoms with Crippen LogP contribution in [0.3, 0.4) is 0 Å². The maximum atomic E-state index is 11.9. The molecule has 17 heavy (non-hydrogen) atoms. The Morgan fingerprint density at radius 3 is 2.88 bits per heavy atom. The lowest BCUT2D eigenvalue weighted by atomic mass is 10.0. The molecule has 0 saturated heterocycles. The van der Waals surface area contributed by atoms with Gasteiger partial charge in [-0.1, -0.05) is 18.2 Å². The van der Waals surface area contributed by atoms with Gasteiger partial charge in [-0.15, -0.1) is 0 Å². The van der Waals surface area contributed by atoms with E-state index in [4.69, 9.17) is 5.73 Å². The second kappa shape index (κ2) is 8.14. The van der Waals surface area contributed by atoms with Crippen molar-refractivity contribution in [3.05, 3.63) is 35.4 Å². The number of hydrogen-bond acceptors (Lipinski definition) is 3. The molecular formula is C13H20N2OS. The van der Waals surface area contributed by atoms with Gasteiger partial charge in [0.1, 0.15) is 0 Å². The van der Waals surface area contributed by atoms with E-state index in [1.165, 1.54) is 0 Å². The molecule has 0 radical (unpaired) electrons. The molecule has 0 unspecified atom stereocenters. The minimum atomic E-state index is 0.00940. The van der Waals surface area contributed by atoms with Gasteiger partial charge in [0.2, 0.25) is 0 Å². The van der Waals surface area contributed by atoms with E-state index in [-0.39, 0.29) is 5.91 Å². The fraction of sp³-hybridized carbons (Fsp3) is 0.462. The molecule has 1 aromatic carbocycles. The number of amides is 1. The van der Waals surface area contributed by atoms with Gasteiger partial charge in [-0.2, -0.15) is 11.8 Å². The Morgan fingerprint density at radius 1 is 1.41 bits per heavy atom. The predicted molar refractivity (Wildman–Crippen MR) is 74.5 cm³/mol. The molecule has 0 bridgehead atoms. The Kier molecular flexibility index (Phi) is 6.74. The number of nitrogens with one attached hydrogen (secondary N) is 1. The van der Waals surface area contributed by atoms with E-state index in [1.54, 1.807) is 11.8 Å². The van der Waals surface area contributed by atoms with Crippen molar-refractivity contribution in [3.63, 3.8) is 0 Å². The summed E-state index contributed by atoms with van der Waals surface area (Å²) in [6.45, 7) is 1.30. The third-order valence-corrected chi connectivity index (χ3v) is 3.18. The van der Waals surface area contributed by atoms with Crippen LogP contribution in [0, 0.1) is 0 Å². The van der Waals surface area contributed by atoms with E-state index in [0.717, 1.165) is 36.3 Å². The molecule has 1 rings (SSSR count). The molecule has 1 aromatic rings. The van der Waals surface area contributed by atoms with Crippen LogP contribution in [-0.2, 0) is 6.42 Å². The molecule has 0 atom stereocenters. The highest BCUT2D eigenvalue weighted by molar-refractivity contribution is 7.98. The number of hydrogen-bond donors (Lipinski definition) is 2. The lowest BCUT2D eigenvalue weighted by Crippen LogP contribution is -2.26. The second-order valence-electron chi connectivity index (χ2n) is 3.80. The van der Waals surface area contributed by atoms with Gasteiger partial charge in [0.15, 0.2) is 0 Å². The molecule has 4 heteroatoms. The van der Waals surface area contributed by atoms with Crippen LogP contribution in [0.4, 0.5) is 0 Å². The first-order chi connectivity index (χ1) is 8.29. The Balaban J connectivity index is 2.55. The van der Waals surface area contributed by atoms with Crippen molar-refractivity contribution in [2.24, 2.45) is 5.73 Å². The number of benzene rings is 1. The second-order valence-corrected chi connectivity index (χ2v) is 4.78. The van der Waals surface area contributed by atoms with Crippen molar-refractivity contribution in [2.45, 2.75) is 12.8 Å². The first kappa shape index (κ1) is 14.1. The van der Waals surface area contributed by atoms with Gasteiger partial charge in [-0.05, 0) is 43.0 Å². The van der Waals surface area contributed by atoms with Crippen LogP contribution < -0.4 is 11.1 Å². The Morgan fingerprint density at radius 2 is 2.18 bits per heavy atom. The van der Waals surface area contributed by atoms with E-state index in [0.29, 0.717) is 6.54 Å². The Hall–Kier alpha value is -1.00. The summed E-state index contributed by atoms with van der Waals surface area (Å²) in [7, 11) is 0. The highest BCUT2D eigenvalue weighted by atomic mass is 32.2. The fourth-order valence-electron chi connectivity index (χ4n) is 1.63. The van der Waals surface area contributed by atoms with Crippen LogP contribution in [0.2, 0.25) is 0 Å². The molecule has 0 aliphatic heterocycles. The van der Waals surface area contributed by atoms with E-state index in [2.05, 4.69) is 11.6 Å². The van der Waals surface area contributed by atoms with Crippen LogP contribution in [-0.4, -0.2) is 31.0 Å². The van der Waals surface area contributed by atoms with Crippen molar-refractivity contribution < 1.29 is 4.79 Å². The average molecular weight is 252 g/mol. The van der Waals surface area contributed by atoms with E-state index in [9.17, 15) is 4.79 Å². The van der Waals surface area contributed by atoms with E-state index < -0.39 is 0 Å². The molecule has 0 aromatic heterocycles. The van der Waals surface area contributed by atoms with Crippen molar-refractivity contribution in [3.8, 4) is 0 Å². The number of thioether (sulfide) groups is 1. The standard InChI is InChI=1S/C13H20N2OS/c1-17-10-4-9-15-13(16)12-6-3-2-5-11(12)7-8-14/h2-3,5-6H,4,7-10,14H2,1H3,(H,15,16). The molecule has 1 amide bonds. The maximum absolute atomic E-state index is 11.9. The lowest BCUT2D eigenvalue weighted by molar-refractivity contribution is 0.0953. The summed E-state index contributed by atoms with van der Waals surface area (Å²) in [6.07, 6.45) is 3.82. The van der Waals surface area contributed by atoms with Crippen molar-refractivity contribution >= 4 is 17.7 Å². The summed E-state index contributed by atoms with van der Waals surface area (Å²) in [5.74, 6) is 1.08. The SMILES string of the molecule is CSCCCNC(=O)c1ccccc1CCN. The normalized spacial score (nSPS) is 10.2. The fourth-order valence-corrected chi connectivity index (χ4v) is 2.06. The number of nitrogens with two attached hydrogens (primary N) is 1. The third kappa shape index (κ3) is 4.79. The number of carbonyl (C=O) groups is 1. The molecule has 94 valence electrons. The highest BCUT2D eigenvalue weighted by Crippen LogP contribution is 2.09. The summed E-state index contributed by atoms with van der Waals surface area (Å²) in [6, 6.07) is 7.64. The molecular weight excluding hydrogens is 232 g/mol. The summed E-state index contributed by atoms with van der Waals surface area (Å²) in [5.41, 5.74) is 7.31. The minimum absolute atomic E-state index is 0.00940. The summed E-state index contributed by atoms with van der Waals surface area (Å²) in [4.78, 5) is 11.9. The largest absolute Gasteiger partial charge is 0.352 e. The van der Waals surface area contributed by atoms with Gasteiger partial charge in [0.25, 0.3) is 5.91 Å². The van der Waals surface area contributed by atoms with Gasteiger partial charge in [-0.3, -0.25) is 4.79 Å². The third-order valence-electron chi connectivity index (χ3n) is 2.49. The smallest absolute Gasteiger partial charge is 0.251 e. The summed E-state index contributed by atoms with van der Waals surface area (Å²) in [5, 5.41) is 2.94. The number of carbonyl (C=O) groups excluding carboxylic acids is 1.